The first-order valence-corrected chi connectivity index (χ1v) is 7.30. The second kappa shape index (κ2) is 6.59. The molecule has 3 N–H and O–H groups in total. The lowest BCUT2D eigenvalue weighted by Crippen LogP contribution is -2.25. The average molecular weight is 276 g/mol. The van der Waals surface area contributed by atoms with Gasteiger partial charge in [-0.25, -0.2) is 0 Å². The summed E-state index contributed by atoms with van der Waals surface area (Å²) in [5, 5.41) is 11.8. The summed E-state index contributed by atoms with van der Waals surface area (Å²) in [6.07, 6.45) is 5.45. The van der Waals surface area contributed by atoms with Gasteiger partial charge < -0.3 is 15.8 Å². The van der Waals surface area contributed by atoms with Crippen LogP contribution in [0.4, 0.5) is 5.69 Å². The van der Waals surface area contributed by atoms with E-state index in [4.69, 9.17) is 10.9 Å². The zero-order valence-corrected chi connectivity index (χ0v) is 12.3. The minimum absolute atomic E-state index is 0.0572. The number of nitrogens with zero attached hydrogens (tertiary/aromatic N) is 3. The molecular weight excluding hydrogens is 252 g/mol. The van der Waals surface area contributed by atoms with Crippen LogP contribution >= 0.6 is 0 Å². The van der Waals surface area contributed by atoms with Crippen molar-refractivity contribution in [3.63, 3.8) is 0 Å². The smallest absolute Gasteiger partial charge is 0.188 e. The van der Waals surface area contributed by atoms with Gasteiger partial charge in [-0.2, -0.15) is 0 Å². The van der Waals surface area contributed by atoms with Gasteiger partial charge in [-0.05, 0) is 43.2 Å². The maximum atomic E-state index is 8.74. The minimum atomic E-state index is 0.0572. The lowest BCUT2D eigenvalue weighted by atomic mass is 9.89. The molecule has 1 saturated heterocycles. The topological polar surface area (TPSA) is 74.7 Å². The molecule has 0 amide bonds. The Morgan fingerprint density at radius 3 is 2.95 bits per heavy atom. The molecule has 1 unspecified atom stereocenters. The van der Waals surface area contributed by atoms with Crippen LogP contribution in [0.2, 0.25) is 0 Å². The van der Waals surface area contributed by atoms with Gasteiger partial charge in [-0.15, -0.1) is 0 Å². The van der Waals surface area contributed by atoms with Crippen molar-refractivity contribution in [2.24, 2.45) is 22.7 Å². The van der Waals surface area contributed by atoms with Crippen LogP contribution in [0.3, 0.4) is 0 Å². The fourth-order valence-corrected chi connectivity index (χ4v) is 2.85. The molecule has 0 saturated carbocycles. The van der Waals surface area contributed by atoms with Gasteiger partial charge in [0.15, 0.2) is 5.84 Å². The third-order valence-electron chi connectivity index (χ3n) is 4.19. The van der Waals surface area contributed by atoms with Crippen molar-refractivity contribution in [1.82, 2.24) is 4.98 Å². The number of anilines is 1. The Bertz CT molecular complexity index is 473. The molecule has 1 aromatic rings. The summed E-state index contributed by atoms with van der Waals surface area (Å²) in [5.74, 6) is 1.62. The molecule has 1 atom stereocenters. The largest absolute Gasteiger partial charge is 0.409 e. The van der Waals surface area contributed by atoms with Gasteiger partial charge in [0.2, 0.25) is 0 Å². The molecule has 20 heavy (non-hydrogen) atoms. The van der Waals surface area contributed by atoms with E-state index in [1.54, 1.807) is 6.20 Å². The van der Waals surface area contributed by atoms with E-state index in [-0.39, 0.29) is 5.84 Å². The molecule has 0 radical (unpaired) electrons. The van der Waals surface area contributed by atoms with E-state index in [0.29, 0.717) is 5.69 Å². The van der Waals surface area contributed by atoms with Crippen molar-refractivity contribution in [3.05, 3.63) is 24.0 Å². The zero-order valence-electron chi connectivity index (χ0n) is 12.3. The highest BCUT2D eigenvalue weighted by Crippen LogP contribution is 2.27. The second-order valence-corrected chi connectivity index (χ2v) is 5.81. The summed E-state index contributed by atoms with van der Waals surface area (Å²) in [6, 6.07) is 3.88. The second-order valence-electron chi connectivity index (χ2n) is 5.81. The van der Waals surface area contributed by atoms with Crippen LogP contribution in [-0.4, -0.2) is 29.1 Å². The summed E-state index contributed by atoms with van der Waals surface area (Å²) >= 11 is 0. The summed E-state index contributed by atoms with van der Waals surface area (Å²) in [4.78, 5) is 6.50. The molecule has 0 aromatic carbocycles. The molecule has 2 rings (SSSR count). The zero-order chi connectivity index (χ0) is 14.5. The monoisotopic (exact) mass is 276 g/mol. The fraction of sp³-hybridized carbons (Fsp3) is 0.600. The molecule has 1 fully saturated rings. The van der Waals surface area contributed by atoms with Gasteiger partial charge in [0.1, 0.15) is 5.69 Å². The molecule has 0 bridgehead atoms. The number of amidine groups is 1. The predicted molar refractivity (Wildman–Crippen MR) is 81.1 cm³/mol. The average Bonchev–Trinajstić information content (AvgIpc) is 2.72. The van der Waals surface area contributed by atoms with Crippen molar-refractivity contribution >= 4 is 11.5 Å². The molecular formula is C15H24N4O. The molecule has 0 aliphatic carbocycles. The summed E-state index contributed by atoms with van der Waals surface area (Å²) in [5.41, 5.74) is 7.23. The highest BCUT2D eigenvalue weighted by molar-refractivity contribution is 5.95. The quantitative estimate of drug-likeness (QED) is 0.385. The predicted octanol–water partition coefficient (Wildman–Crippen LogP) is 2.44. The van der Waals surface area contributed by atoms with E-state index < -0.39 is 0 Å². The fourth-order valence-electron chi connectivity index (χ4n) is 2.85. The Balaban J connectivity index is 2.12. The number of nitrogens with two attached hydrogens (primary N) is 1. The molecule has 1 aromatic heterocycles. The standard InChI is InChI=1S/C15H24N4O/c1-11(2)12-4-3-8-19(9-6-12)13-5-7-17-14(10-13)15(16)18-20/h5,7,10-12,20H,3-4,6,8-9H2,1-2H3,(H2,16,18). The highest BCUT2D eigenvalue weighted by atomic mass is 16.4. The van der Waals surface area contributed by atoms with Crippen molar-refractivity contribution in [2.75, 3.05) is 18.0 Å². The van der Waals surface area contributed by atoms with E-state index in [9.17, 15) is 0 Å². The van der Waals surface area contributed by atoms with Crippen LogP contribution in [0, 0.1) is 11.8 Å². The van der Waals surface area contributed by atoms with Crippen molar-refractivity contribution in [2.45, 2.75) is 33.1 Å². The maximum absolute atomic E-state index is 8.74. The molecule has 5 nitrogen and oxygen atoms in total. The Labute approximate surface area is 120 Å². The third kappa shape index (κ3) is 3.40. The van der Waals surface area contributed by atoms with Crippen LogP contribution in [0.15, 0.2) is 23.5 Å². The Hall–Kier alpha value is -1.78. The van der Waals surface area contributed by atoms with Crippen molar-refractivity contribution < 1.29 is 5.21 Å². The Morgan fingerprint density at radius 2 is 2.25 bits per heavy atom. The molecule has 1 aliphatic rings. The molecule has 0 spiro atoms. The van der Waals surface area contributed by atoms with Gasteiger partial charge in [0.05, 0.1) is 0 Å². The van der Waals surface area contributed by atoms with Gasteiger partial charge in [-0.3, -0.25) is 4.98 Å². The lowest BCUT2D eigenvalue weighted by molar-refractivity contribution is 0.318. The van der Waals surface area contributed by atoms with Crippen LogP contribution in [0.25, 0.3) is 0 Å². The Morgan fingerprint density at radius 1 is 1.45 bits per heavy atom. The van der Waals surface area contributed by atoms with Gasteiger partial charge in [0, 0.05) is 25.0 Å². The van der Waals surface area contributed by atoms with E-state index in [1.807, 2.05) is 12.1 Å². The molecule has 110 valence electrons. The number of oxime groups is 1. The van der Waals surface area contributed by atoms with E-state index in [2.05, 4.69) is 28.9 Å². The summed E-state index contributed by atoms with van der Waals surface area (Å²) in [7, 11) is 0. The van der Waals surface area contributed by atoms with E-state index in [1.165, 1.54) is 19.3 Å². The van der Waals surface area contributed by atoms with Crippen LogP contribution < -0.4 is 10.6 Å². The van der Waals surface area contributed by atoms with Gasteiger partial charge in [-0.1, -0.05) is 19.0 Å². The molecule has 5 heteroatoms. The number of hydrogen-bond acceptors (Lipinski definition) is 4. The first kappa shape index (κ1) is 14.6. The van der Waals surface area contributed by atoms with Crippen LogP contribution in [-0.2, 0) is 0 Å². The molecule has 2 heterocycles. The minimum Gasteiger partial charge on any atom is -0.409 e. The summed E-state index contributed by atoms with van der Waals surface area (Å²) in [6.45, 7) is 6.73. The normalized spacial score (nSPS) is 21.1. The van der Waals surface area contributed by atoms with Gasteiger partial charge in [0.25, 0.3) is 0 Å². The van der Waals surface area contributed by atoms with Crippen molar-refractivity contribution in [1.29, 1.82) is 0 Å². The van der Waals surface area contributed by atoms with Gasteiger partial charge >= 0.3 is 0 Å². The first-order chi connectivity index (χ1) is 9.61. The lowest BCUT2D eigenvalue weighted by Gasteiger charge is -2.23. The number of rotatable bonds is 3. The van der Waals surface area contributed by atoms with Crippen LogP contribution in [0.1, 0.15) is 38.8 Å². The maximum Gasteiger partial charge on any atom is 0.188 e. The number of pyridine rings is 1. The number of aromatic nitrogens is 1. The SMILES string of the molecule is CC(C)C1CCCN(c2ccnc(C(N)=NO)c2)CC1. The third-order valence-corrected chi connectivity index (χ3v) is 4.19. The van der Waals surface area contributed by atoms with E-state index >= 15 is 0 Å². The van der Waals surface area contributed by atoms with Crippen LogP contribution in [0.5, 0.6) is 0 Å². The number of hydrogen-bond donors (Lipinski definition) is 2. The highest BCUT2D eigenvalue weighted by Gasteiger charge is 2.20. The first-order valence-electron chi connectivity index (χ1n) is 7.30. The molecule has 1 aliphatic heterocycles. The summed E-state index contributed by atoms with van der Waals surface area (Å²) < 4.78 is 0. The Kier molecular flexibility index (Phi) is 4.82. The van der Waals surface area contributed by atoms with Crippen molar-refractivity contribution in [3.8, 4) is 0 Å². The van der Waals surface area contributed by atoms with E-state index in [0.717, 1.165) is 30.6 Å².